The first kappa shape index (κ1) is 27.5. The van der Waals surface area contributed by atoms with Crippen molar-refractivity contribution >= 4 is 29.0 Å². The highest BCUT2D eigenvalue weighted by atomic mass is 16.5. The highest BCUT2D eigenvalue weighted by Gasteiger charge is 2.56. The Bertz CT molecular complexity index is 1470. The van der Waals surface area contributed by atoms with E-state index in [0.717, 1.165) is 6.92 Å². The third kappa shape index (κ3) is 3.62. The van der Waals surface area contributed by atoms with E-state index >= 15 is 0 Å². The van der Waals surface area contributed by atoms with Crippen molar-refractivity contribution in [1.29, 1.82) is 0 Å². The zero-order chi connectivity index (χ0) is 29.4. The first-order valence-electron chi connectivity index (χ1n) is 12.9. The van der Waals surface area contributed by atoms with Crippen LogP contribution in [0.2, 0.25) is 0 Å². The van der Waals surface area contributed by atoms with E-state index < -0.39 is 47.4 Å². The fraction of sp³-hybridized carbons (Fsp3) is 0.464. The number of nitrogens with zero attached hydrogens (tertiary/aromatic N) is 2. The summed E-state index contributed by atoms with van der Waals surface area (Å²) >= 11 is 0. The molecule has 12 heteroatoms. The molecule has 1 aromatic carbocycles. The van der Waals surface area contributed by atoms with Crippen LogP contribution in [0, 0.1) is 6.92 Å². The quantitative estimate of drug-likeness (QED) is 0.264. The molecular formula is C28H31N3O9. The van der Waals surface area contributed by atoms with E-state index in [-0.39, 0.29) is 81.7 Å². The summed E-state index contributed by atoms with van der Waals surface area (Å²) in [5.74, 6) is -3.49. The summed E-state index contributed by atoms with van der Waals surface area (Å²) < 4.78 is 10.7. The average molecular weight is 554 g/mol. The number of amides is 1. The van der Waals surface area contributed by atoms with Crippen LogP contribution in [0.25, 0.3) is 0 Å². The molecule has 2 bridgehead atoms. The molecule has 0 radical (unpaired) electrons. The number of ketones is 4. The molecule has 1 aromatic rings. The van der Waals surface area contributed by atoms with Crippen molar-refractivity contribution in [3.05, 3.63) is 39.2 Å². The van der Waals surface area contributed by atoms with Gasteiger partial charge in [0.2, 0.25) is 11.6 Å². The van der Waals surface area contributed by atoms with Crippen molar-refractivity contribution in [2.45, 2.75) is 51.4 Å². The van der Waals surface area contributed by atoms with Gasteiger partial charge in [-0.15, -0.1) is 0 Å². The Kier molecular flexibility index (Phi) is 6.58. The second-order valence-corrected chi connectivity index (χ2v) is 10.6. The molecule has 212 valence electrons. The van der Waals surface area contributed by atoms with E-state index in [1.807, 2.05) is 4.90 Å². The number of allylic oxidation sites excluding steroid dienone is 2. The molecule has 4 unspecified atom stereocenters. The van der Waals surface area contributed by atoms with E-state index in [2.05, 4.69) is 5.32 Å². The summed E-state index contributed by atoms with van der Waals surface area (Å²) in [6, 6.07) is -2.89. The molecule has 4 aliphatic rings. The first-order valence-corrected chi connectivity index (χ1v) is 12.9. The van der Waals surface area contributed by atoms with Crippen LogP contribution in [0.4, 0.5) is 0 Å². The topological polar surface area (TPSA) is 163 Å². The number of Topliss-reactive ketones (excluding diaryl/α,β-unsaturated/α-hetero) is 4. The second kappa shape index (κ2) is 9.56. The summed E-state index contributed by atoms with van der Waals surface area (Å²) in [5, 5.41) is 24.9. The number of benzene rings is 1. The van der Waals surface area contributed by atoms with Crippen molar-refractivity contribution in [2.24, 2.45) is 0 Å². The summed E-state index contributed by atoms with van der Waals surface area (Å²) in [6.45, 7) is 4.10. The number of piperazine rings is 1. The predicted octanol–water partition coefficient (Wildman–Crippen LogP) is 0.483. The summed E-state index contributed by atoms with van der Waals surface area (Å²) in [4.78, 5) is 68.6. The van der Waals surface area contributed by atoms with Crippen molar-refractivity contribution in [3.8, 4) is 17.2 Å². The zero-order valence-corrected chi connectivity index (χ0v) is 23.1. The number of rotatable bonds is 5. The molecule has 0 aromatic heterocycles. The lowest BCUT2D eigenvalue weighted by Gasteiger charge is -2.57. The number of phenolic OH excluding ortho intramolecular Hbond substituents is 2. The van der Waals surface area contributed by atoms with Gasteiger partial charge in [0.05, 0.1) is 37.9 Å². The van der Waals surface area contributed by atoms with Crippen LogP contribution in [-0.4, -0.2) is 102 Å². The van der Waals surface area contributed by atoms with Gasteiger partial charge in [-0.1, -0.05) is 0 Å². The normalized spacial score (nSPS) is 26.3. The van der Waals surface area contributed by atoms with E-state index in [9.17, 15) is 34.2 Å². The van der Waals surface area contributed by atoms with Gasteiger partial charge in [-0.3, -0.25) is 33.8 Å². The SMILES string of the molecule is COC1=C(C)C(=O)C2=C(C1=O)C(CNC(=O)C(C)=O)N1CC3C(=O)c4c(O)c(C)c(OC)c(O)c4C(C1C2)N3C. The molecule has 1 aliphatic carbocycles. The number of phenols is 2. The van der Waals surface area contributed by atoms with Crippen molar-refractivity contribution < 1.29 is 43.7 Å². The molecule has 1 saturated heterocycles. The van der Waals surface area contributed by atoms with Gasteiger partial charge in [0, 0.05) is 53.9 Å². The average Bonchev–Trinajstić information content (AvgIpc) is 2.91. The Morgan fingerprint density at radius 1 is 1.05 bits per heavy atom. The minimum Gasteiger partial charge on any atom is -0.507 e. The maximum Gasteiger partial charge on any atom is 0.287 e. The molecule has 1 amide bonds. The number of carbonyl (C=O) groups excluding carboxylic acids is 5. The maximum absolute atomic E-state index is 13.8. The number of likely N-dealkylation sites (N-methyl/N-ethyl adjacent to an activating group) is 1. The standard InChI is InChI=1S/C28H31N3O9/c1-10-21(33)13-7-14-20-18-19(22(34)11(2)27(40-6)25(18)37)23(35)16(30(20)4)9-31(14)15(8-29-28(38)12(3)32)17(13)24(36)26(10)39-5/h14-16,20,34,37H,7-9H2,1-6H3,(H,29,38). The van der Waals surface area contributed by atoms with Crippen molar-refractivity contribution in [2.75, 3.05) is 34.4 Å². The number of ether oxygens (including phenoxy) is 2. The predicted molar refractivity (Wildman–Crippen MR) is 139 cm³/mol. The Hall–Kier alpha value is -4.03. The van der Waals surface area contributed by atoms with Gasteiger partial charge >= 0.3 is 0 Å². The smallest absolute Gasteiger partial charge is 0.287 e. The molecule has 0 spiro atoms. The summed E-state index contributed by atoms with van der Waals surface area (Å²) in [5.41, 5.74) is 0.967. The van der Waals surface area contributed by atoms with Gasteiger partial charge in [-0.05, 0) is 27.3 Å². The van der Waals surface area contributed by atoms with Gasteiger partial charge in [0.1, 0.15) is 5.75 Å². The lowest BCUT2D eigenvalue weighted by Crippen LogP contribution is -2.68. The number of hydrogen-bond acceptors (Lipinski definition) is 11. The number of aromatic hydroxyl groups is 2. The molecule has 40 heavy (non-hydrogen) atoms. The van der Waals surface area contributed by atoms with Gasteiger partial charge in [-0.2, -0.15) is 0 Å². The zero-order valence-electron chi connectivity index (χ0n) is 23.1. The number of hydrogen-bond donors (Lipinski definition) is 3. The van der Waals surface area contributed by atoms with Crippen LogP contribution in [0.3, 0.4) is 0 Å². The van der Waals surface area contributed by atoms with Gasteiger partial charge in [0.15, 0.2) is 28.8 Å². The fourth-order valence-electron chi connectivity index (χ4n) is 6.75. The third-order valence-electron chi connectivity index (χ3n) is 8.68. The number of fused-ring (bicyclic) bond motifs is 6. The van der Waals surface area contributed by atoms with Crippen LogP contribution in [0.1, 0.15) is 47.8 Å². The van der Waals surface area contributed by atoms with Gasteiger partial charge in [-0.25, -0.2) is 0 Å². The molecule has 1 fully saturated rings. The maximum atomic E-state index is 13.8. The Morgan fingerprint density at radius 3 is 2.33 bits per heavy atom. The van der Waals surface area contributed by atoms with Crippen LogP contribution >= 0.6 is 0 Å². The molecule has 3 N–H and O–H groups in total. The van der Waals surface area contributed by atoms with Gasteiger partial charge < -0.3 is 25.0 Å². The van der Waals surface area contributed by atoms with Crippen LogP contribution in [0.15, 0.2) is 22.5 Å². The second-order valence-electron chi connectivity index (χ2n) is 10.6. The van der Waals surface area contributed by atoms with Crippen LogP contribution in [-0.2, 0) is 23.9 Å². The molecule has 4 atom stereocenters. The Labute approximate surface area is 230 Å². The van der Waals surface area contributed by atoms with E-state index in [1.54, 1.807) is 18.9 Å². The molecule has 3 aliphatic heterocycles. The van der Waals surface area contributed by atoms with Crippen molar-refractivity contribution in [3.63, 3.8) is 0 Å². The molecule has 5 rings (SSSR count). The first-order chi connectivity index (χ1) is 18.9. The number of carbonyl (C=O) groups is 5. The largest absolute Gasteiger partial charge is 0.507 e. The Balaban J connectivity index is 1.72. The van der Waals surface area contributed by atoms with Crippen LogP contribution in [0.5, 0.6) is 17.2 Å². The van der Waals surface area contributed by atoms with E-state index in [1.165, 1.54) is 21.1 Å². The lowest BCUT2D eigenvalue weighted by atomic mass is 9.71. The molecule has 12 nitrogen and oxygen atoms in total. The minimum atomic E-state index is -0.872. The lowest BCUT2D eigenvalue weighted by molar-refractivity contribution is -0.137. The third-order valence-corrected chi connectivity index (χ3v) is 8.68. The van der Waals surface area contributed by atoms with E-state index in [0.29, 0.717) is 0 Å². The highest BCUT2D eigenvalue weighted by molar-refractivity contribution is 6.35. The minimum absolute atomic E-state index is 0.00792. The monoisotopic (exact) mass is 553 g/mol. The number of methoxy groups -OCH3 is 2. The van der Waals surface area contributed by atoms with Gasteiger partial charge in [0.25, 0.3) is 5.91 Å². The molecule has 0 saturated carbocycles. The molecule has 3 heterocycles. The van der Waals surface area contributed by atoms with Crippen LogP contribution < -0.4 is 10.1 Å². The Morgan fingerprint density at radius 2 is 1.73 bits per heavy atom. The van der Waals surface area contributed by atoms with Crippen molar-refractivity contribution in [1.82, 2.24) is 15.1 Å². The summed E-state index contributed by atoms with van der Waals surface area (Å²) in [6.07, 6.45) is 0.0944. The number of nitrogens with one attached hydrogen (secondary N) is 1. The van der Waals surface area contributed by atoms with E-state index in [4.69, 9.17) is 9.47 Å². The fourth-order valence-corrected chi connectivity index (χ4v) is 6.75. The summed E-state index contributed by atoms with van der Waals surface area (Å²) in [7, 11) is 4.38. The molecular weight excluding hydrogens is 522 g/mol. The highest BCUT2D eigenvalue weighted by Crippen LogP contribution is 2.54.